The van der Waals surface area contributed by atoms with Crippen LogP contribution in [0.2, 0.25) is 8.67 Å². The molecular weight excluding hydrogens is 393 g/mol. The number of halogens is 2. The van der Waals surface area contributed by atoms with Crippen LogP contribution in [0.5, 0.6) is 17.4 Å². The SMILES string of the molecule is O=S(=O)(Oc1ccc(Oc2ccccn2)cc1)c1cc(Cl)sc1Cl. The Bertz CT molecular complexity index is 941. The van der Waals surface area contributed by atoms with Gasteiger partial charge in [0.25, 0.3) is 0 Å². The van der Waals surface area contributed by atoms with Crippen LogP contribution in [-0.2, 0) is 10.1 Å². The molecule has 1 aromatic carbocycles. The number of thiophene rings is 1. The van der Waals surface area contributed by atoms with Crippen molar-refractivity contribution >= 4 is 44.7 Å². The first-order valence-corrected chi connectivity index (χ1v) is 9.50. The Morgan fingerprint density at radius 1 is 1.00 bits per heavy atom. The summed E-state index contributed by atoms with van der Waals surface area (Å²) in [6, 6.07) is 12.6. The van der Waals surface area contributed by atoms with Crippen LogP contribution in [0.4, 0.5) is 0 Å². The summed E-state index contributed by atoms with van der Waals surface area (Å²) in [4.78, 5) is 3.87. The van der Waals surface area contributed by atoms with Gasteiger partial charge < -0.3 is 8.92 Å². The maximum Gasteiger partial charge on any atom is 0.341 e. The normalized spacial score (nSPS) is 11.2. The monoisotopic (exact) mass is 401 g/mol. The summed E-state index contributed by atoms with van der Waals surface area (Å²) in [7, 11) is -4.05. The Labute approximate surface area is 152 Å². The summed E-state index contributed by atoms with van der Waals surface area (Å²) in [5.41, 5.74) is 0. The maximum atomic E-state index is 12.2. The van der Waals surface area contributed by atoms with Crippen molar-refractivity contribution in [1.82, 2.24) is 4.98 Å². The lowest BCUT2D eigenvalue weighted by Crippen LogP contribution is -2.09. The Hall–Kier alpha value is -1.80. The highest BCUT2D eigenvalue weighted by Gasteiger charge is 2.23. The average molecular weight is 402 g/mol. The number of rotatable bonds is 5. The van der Waals surface area contributed by atoms with E-state index in [-0.39, 0.29) is 19.3 Å². The molecule has 0 aliphatic carbocycles. The molecule has 0 saturated heterocycles. The van der Waals surface area contributed by atoms with Crippen LogP contribution >= 0.6 is 34.5 Å². The molecule has 9 heteroatoms. The molecular formula is C15H9Cl2NO4S2. The lowest BCUT2D eigenvalue weighted by atomic mass is 10.3. The quantitative estimate of drug-likeness (QED) is 0.562. The van der Waals surface area contributed by atoms with E-state index in [4.69, 9.17) is 32.1 Å². The minimum atomic E-state index is -4.05. The minimum absolute atomic E-state index is 0.0510. The summed E-state index contributed by atoms with van der Waals surface area (Å²) >= 11 is 12.6. The van der Waals surface area contributed by atoms with Crippen LogP contribution in [0.1, 0.15) is 0 Å². The van der Waals surface area contributed by atoms with Gasteiger partial charge in [-0.15, -0.1) is 11.3 Å². The molecule has 2 aromatic heterocycles. The van der Waals surface area contributed by atoms with E-state index >= 15 is 0 Å². The van der Waals surface area contributed by atoms with E-state index in [1.807, 2.05) is 0 Å². The van der Waals surface area contributed by atoms with Gasteiger partial charge in [0.05, 0.1) is 4.34 Å². The molecule has 0 aliphatic rings. The van der Waals surface area contributed by atoms with Gasteiger partial charge in [-0.1, -0.05) is 29.3 Å². The molecule has 0 fully saturated rings. The molecule has 0 saturated carbocycles. The van der Waals surface area contributed by atoms with Gasteiger partial charge in [0.1, 0.15) is 20.7 Å². The summed E-state index contributed by atoms with van der Waals surface area (Å²) in [5, 5.41) is 0. The van der Waals surface area contributed by atoms with E-state index in [0.717, 1.165) is 11.3 Å². The number of aromatic nitrogens is 1. The largest absolute Gasteiger partial charge is 0.439 e. The van der Waals surface area contributed by atoms with E-state index in [1.54, 1.807) is 36.5 Å². The van der Waals surface area contributed by atoms with Crippen molar-refractivity contribution in [3.05, 3.63) is 63.4 Å². The number of pyridine rings is 1. The molecule has 0 amide bonds. The summed E-state index contributed by atoms with van der Waals surface area (Å²) in [6.45, 7) is 0. The summed E-state index contributed by atoms with van der Waals surface area (Å²) in [5.74, 6) is 1.05. The molecule has 24 heavy (non-hydrogen) atoms. The van der Waals surface area contributed by atoms with Gasteiger partial charge in [0, 0.05) is 12.3 Å². The van der Waals surface area contributed by atoms with E-state index in [2.05, 4.69) is 4.98 Å². The van der Waals surface area contributed by atoms with Crippen LogP contribution in [0, 0.1) is 0 Å². The van der Waals surface area contributed by atoms with Crippen molar-refractivity contribution in [2.45, 2.75) is 4.90 Å². The van der Waals surface area contributed by atoms with Crippen LogP contribution in [0.25, 0.3) is 0 Å². The number of ether oxygens (including phenoxy) is 1. The molecule has 0 aliphatic heterocycles. The van der Waals surface area contributed by atoms with Crippen molar-refractivity contribution in [2.75, 3.05) is 0 Å². The van der Waals surface area contributed by atoms with Crippen LogP contribution in [-0.4, -0.2) is 13.4 Å². The van der Waals surface area contributed by atoms with Crippen molar-refractivity contribution in [3.8, 4) is 17.4 Å². The number of benzene rings is 1. The van der Waals surface area contributed by atoms with Crippen molar-refractivity contribution in [2.24, 2.45) is 0 Å². The third-order valence-electron chi connectivity index (χ3n) is 2.78. The number of hydrogen-bond acceptors (Lipinski definition) is 6. The highest BCUT2D eigenvalue weighted by molar-refractivity contribution is 7.87. The molecule has 0 spiro atoms. The van der Waals surface area contributed by atoms with E-state index < -0.39 is 10.1 Å². The number of hydrogen-bond donors (Lipinski definition) is 0. The van der Waals surface area contributed by atoms with E-state index in [0.29, 0.717) is 11.6 Å². The zero-order chi connectivity index (χ0) is 17.2. The molecule has 124 valence electrons. The zero-order valence-corrected chi connectivity index (χ0v) is 15.0. The molecule has 3 aromatic rings. The van der Waals surface area contributed by atoms with Gasteiger partial charge in [-0.3, -0.25) is 0 Å². The van der Waals surface area contributed by atoms with Crippen LogP contribution < -0.4 is 8.92 Å². The Morgan fingerprint density at radius 2 is 1.71 bits per heavy atom. The molecule has 3 rings (SSSR count). The lowest BCUT2D eigenvalue weighted by Gasteiger charge is -2.07. The third-order valence-corrected chi connectivity index (χ3v) is 5.79. The smallest absolute Gasteiger partial charge is 0.341 e. The highest BCUT2D eigenvalue weighted by Crippen LogP contribution is 2.35. The van der Waals surface area contributed by atoms with Crippen LogP contribution in [0.3, 0.4) is 0 Å². The van der Waals surface area contributed by atoms with Gasteiger partial charge in [0.15, 0.2) is 0 Å². The van der Waals surface area contributed by atoms with E-state index in [1.165, 1.54) is 18.2 Å². The molecule has 2 heterocycles. The molecule has 0 radical (unpaired) electrons. The fourth-order valence-electron chi connectivity index (χ4n) is 1.76. The van der Waals surface area contributed by atoms with Crippen molar-refractivity contribution < 1.29 is 17.3 Å². The van der Waals surface area contributed by atoms with Gasteiger partial charge >= 0.3 is 10.1 Å². The molecule has 0 bridgehead atoms. The van der Waals surface area contributed by atoms with Gasteiger partial charge in [-0.2, -0.15) is 8.42 Å². The second-order valence-electron chi connectivity index (χ2n) is 4.47. The van der Waals surface area contributed by atoms with Crippen molar-refractivity contribution in [1.29, 1.82) is 0 Å². The van der Waals surface area contributed by atoms with E-state index in [9.17, 15) is 8.42 Å². The second-order valence-corrected chi connectivity index (χ2v) is 8.27. The van der Waals surface area contributed by atoms with Gasteiger partial charge in [-0.05, 0) is 36.4 Å². The van der Waals surface area contributed by atoms with Gasteiger partial charge in [-0.25, -0.2) is 4.98 Å². The standard InChI is InChI=1S/C15H9Cl2NO4S2/c16-13-9-12(15(17)23-13)24(19,20)22-11-6-4-10(5-7-11)21-14-3-1-2-8-18-14/h1-9H. The Kier molecular flexibility index (Phi) is 4.96. The zero-order valence-electron chi connectivity index (χ0n) is 11.8. The fourth-order valence-corrected chi connectivity index (χ4v) is 4.80. The predicted molar refractivity (Wildman–Crippen MR) is 92.9 cm³/mol. The minimum Gasteiger partial charge on any atom is -0.439 e. The maximum absolute atomic E-state index is 12.2. The third kappa shape index (κ3) is 3.99. The Balaban J connectivity index is 1.75. The molecule has 0 unspecified atom stereocenters. The Morgan fingerprint density at radius 3 is 2.29 bits per heavy atom. The average Bonchev–Trinajstić information content (AvgIpc) is 2.90. The molecule has 0 N–H and O–H groups in total. The molecule has 0 atom stereocenters. The first-order chi connectivity index (χ1) is 11.4. The summed E-state index contributed by atoms with van der Waals surface area (Å²) < 4.78 is 35.3. The summed E-state index contributed by atoms with van der Waals surface area (Å²) in [6.07, 6.45) is 1.61. The van der Waals surface area contributed by atoms with Gasteiger partial charge in [0.2, 0.25) is 5.88 Å². The fraction of sp³-hybridized carbons (Fsp3) is 0. The first-order valence-electron chi connectivity index (χ1n) is 6.52. The second kappa shape index (κ2) is 6.98. The topological polar surface area (TPSA) is 65.5 Å². The number of nitrogens with zero attached hydrogens (tertiary/aromatic N) is 1. The first kappa shape index (κ1) is 17.0. The highest BCUT2D eigenvalue weighted by atomic mass is 35.5. The predicted octanol–water partition coefficient (Wildman–Crippen LogP) is 5.01. The van der Waals surface area contributed by atoms with Crippen molar-refractivity contribution in [3.63, 3.8) is 0 Å². The van der Waals surface area contributed by atoms with Crippen LogP contribution in [0.15, 0.2) is 59.6 Å². The lowest BCUT2D eigenvalue weighted by molar-refractivity contribution is 0.459. The molecule has 5 nitrogen and oxygen atoms in total.